The number of halogens is 1. The SMILES string of the molecule is CCOCCC(=O)Nc1cc(C#CCO)ccc1Cl. The van der Waals surface area contributed by atoms with Crippen LogP contribution >= 0.6 is 11.6 Å². The average molecular weight is 282 g/mol. The summed E-state index contributed by atoms with van der Waals surface area (Å²) >= 11 is 5.99. The lowest BCUT2D eigenvalue weighted by atomic mass is 10.2. The van der Waals surface area contributed by atoms with E-state index in [0.717, 1.165) is 0 Å². The third kappa shape index (κ3) is 5.75. The summed E-state index contributed by atoms with van der Waals surface area (Å²) in [6, 6.07) is 5.05. The zero-order valence-corrected chi connectivity index (χ0v) is 11.5. The van der Waals surface area contributed by atoms with Gasteiger partial charge < -0.3 is 15.2 Å². The zero-order valence-electron chi connectivity index (χ0n) is 10.7. The van der Waals surface area contributed by atoms with Gasteiger partial charge in [0, 0.05) is 12.2 Å². The Balaban J connectivity index is 2.68. The van der Waals surface area contributed by atoms with Gasteiger partial charge in [0.25, 0.3) is 0 Å². The molecule has 0 heterocycles. The Morgan fingerprint density at radius 1 is 1.53 bits per heavy atom. The highest BCUT2D eigenvalue weighted by Crippen LogP contribution is 2.22. The van der Waals surface area contributed by atoms with Gasteiger partial charge in [0.1, 0.15) is 6.61 Å². The third-order valence-electron chi connectivity index (χ3n) is 2.23. The summed E-state index contributed by atoms with van der Waals surface area (Å²) in [6.07, 6.45) is 0.275. The van der Waals surface area contributed by atoms with Crippen LogP contribution in [0.4, 0.5) is 5.69 Å². The molecule has 1 aromatic rings. The second-order valence-corrected chi connectivity index (χ2v) is 4.06. The summed E-state index contributed by atoms with van der Waals surface area (Å²) in [6.45, 7) is 2.63. The first-order valence-electron chi connectivity index (χ1n) is 5.94. The molecule has 0 aliphatic heterocycles. The first-order chi connectivity index (χ1) is 9.17. The molecule has 1 rings (SSSR count). The summed E-state index contributed by atoms with van der Waals surface area (Å²) in [5.74, 6) is 5.12. The van der Waals surface area contributed by atoms with E-state index in [0.29, 0.717) is 29.5 Å². The van der Waals surface area contributed by atoms with Crippen molar-refractivity contribution in [2.75, 3.05) is 25.1 Å². The number of aliphatic hydroxyl groups excluding tert-OH is 1. The molecule has 4 nitrogen and oxygen atoms in total. The Hall–Kier alpha value is -1.54. The fourth-order valence-electron chi connectivity index (χ4n) is 1.36. The van der Waals surface area contributed by atoms with Crippen LogP contribution in [0.3, 0.4) is 0 Å². The number of rotatable bonds is 5. The maximum Gasteiger partial charge on any atom is 0.226 e. The van der Waals surface area contributed by atoms with Crippen LogP contribution in [0.25, 0.3) is 0 Å². The molecule has 0 saturated heterocycles. The smallest absolute Gasteiger partial charge is 0.226 e. The van der Waals surface area contributed by atoms with Gasteiger partial charge in [0.2, 0.25) is 5.91 Å². The molecular weight excluding hydrogens is 266 g/mol. The number of hydrogen-bond acceptors (Lipinski definition) is 3. The largest absolute Gasteiger partial charge is 0.384 e. The fourth-order valence-corrected chi connectivity index (χ4v) is 1.53. The third-order valence-corrected chi connectivity index (χ3v) is 2.56. The van der Waals surface area contributed by atoms with E-state index in [1.54, 1.807) is 18.2 Å². The molecule has 0 bridgehead atoms. The van der Waals surface area contributed by atoms with E-state index in [2.05, 4.69) is 17.2 Å². The van der Waals surface area contributed by atoms with Crippen molar-refractivity contribution >= 4 is 23.2 Å². The average Bonchev–Trinajstić information content (AvgIpc) is 2.40. The van der Waals surface area contributed by atoms with E-state index >= 15 is 0 Å². The van der Waals surface area contributed by atoms with Crippen LogP contribution < -0.4 is 5.32 Å². The summed E-state index contributed by atoms with van der Waals surface area (Å²) in [5.41, 5.74) is 1.19. The number of anilines is 1. The minimum absolute atomic E-state index is 0.164. The van der Waals surface area contributed by atoms with Crippen molar-refractivity contribution in [1.82, 2.24) is 0 Å². The highest BCUT2D eigenvalue weighted by Gasteiger charge is 2.06. The maximum absolute atomic E-state index is 11.6. The van der Waals surface area contributed by atoms with Gasteiger partial charge >= 0.3 is 0 Å². The minimum atomic E-state index is -0.210. The molecule has 2 N–H and O–H groups in total. The van der Waals surface area contributed by atoms with Gasteiger partial charge in [-0.05, 0) is 25.1 Å². The molecule has 102 valence electrons. The molecular formula is C14H16ClNO3. The summed E-state index contributed by atoms with van der Waals surface area (Å²) in [7, 11) is 0. The van der Waals surface area contributed by atoms with Crippen molar-refractivity contribution in [2.24, 2.45) is 0 Å². The monoisotopic (exact) mass is 281 g/mol. The molecule has 0 aliphatic rings. The molecule has 19 heavy (non-hydrogen) atoms. The number of ether oxygens (including phenoxy) is 1. The predicted octanol–water partition coefficient (Wildman–Crippen LogP) is 2.05. The number of nitrogens with one attached hydrogen (secondary N) is 1. The van der Waals surface area contributed by atoms with Gasteiger partial charge in [-0.1, -0.05) is 23.4 Å². The van der Waals surface area contributed by atoms with Crippen molar-refractivity contribution in [1.29, 1.82) is 0 Å². The molecule has 0 aliphatic carbocycles. The molecule has 0 spiro atoms. The Morgan fingerprint density at radius 2 is 2.32 bits per heavy atom. The Kier molecular flexibility index (Phi) is 6.98. The number of hydrogen-bond donors (Lipinski definition) is 2. The van der Waals surface area contributed by atoms with Crippen LogP contribution in [-0.4, -0.2) is 30.8 Å². The summed E-state index contributed by atoms with van der Waals surface area (Å²) in [4.78, 5) is 11.6. The van der Waals surface area contributed by atoms with Gasteiger partial charge in [-0.2, -0.15) is 0 Å². The predicted molar refractivity (Wildman–Crippen MR) is 75.2 cm³/mol. The fraction of sp³-hybridized carbons (Fsp3) is 0.357. The van der Waals surface area contributed by atoms with Crippen molar-refractivity contribution in [3.63, 3.8) is 0 Å². The van der Waals surface area contributed by atoms with Crippen LogP contribution in [0, 0.1) is 11.8 Å². The van der Waals surface area contributed by atoms with Gasteiger partial charge in [0.15, 0.2) is 0 Å². The number of amides is 1. The van der Waals surface area contributed by atoms with Crippen LogP contribution in [0.2, 0.25) is 5.02 Å². The van der Waals surface area contributed by atoms with Crippen LogP contribution in [0.1, 0.15) is 18.9 Å². The Labute approximate surface area is 117 Å². The molecule has 0 radical (unpaired) electrons. The molecule has 5 heteroatoms. The van der Waals surface area contributed by atoms with Gasteiger partial charge in [-0.3, -0.25) is 4.79 Å². The lowest BCUT2D eigenvalue weighted by Crippen LogP contribution is -2.14. The summed E-state index contributed by atoms with van der Waals surface area (Å²) in [5, 5.41) is 11.8. The quantitative estimate of drug-likeness (QED) is 0.641. The molecule has 0 saturated carbocycles. The van der Waals surface area contributed by atoms with E-state index in [-0.39, 0.29) is 18.9 Å². The Bertz CT molecular complexity index is 491. The van der Waals surface area contributed by atoms with E-state index in [1.807, 2.05) is 6.92 Å². The van der Waals surface area contributed by atoms with Crippen LogP contribution in [0.15, 0.2) is 18.2 Å². The maximum atomic E-state index is 11.6. The van der Waals surface area contributed by atoms with Gasteiger partial charge in [-0.15, -0.1) is 0 Å². The first-order valence-corrected chi connectivity index (χ1v) is 6.32. The number of carbonyl (C=O) groups excluding carboxylic acids is 1. The normalized spacial score (nSPS) is 9.63. The number of benzene rings is 1. The first kappa shape index (κ1) is 15.5. The molecule has 0 atom stereocenters. The van der Waals surface area contributed by atoms with E-state index in [9.17, 15) is 4.79 Å². The molecule has 0 aromatic heterocycles. The molecule has 0 unspecified atom stereocenters. The van der Waals surface area contributed by atoms with Crippen molar-refractivity contribution in [3.05, 3.63) is 28.8 Å². The van der Waals surface area contributed by atoms with Crippen LogP contribution in [0.5, 0.6) is 0 Å². The van der Waals surface area contributed by atoms with E-state index in [4.69, 9.17) is 21.4 Å². The molecule has 0 fully saturated rings. The minimum Gasteiger partial charge on any atom is -0.384 e. The van der Waals surface area contributed by atoms with E-state index in [1.165, 1.54) is 0 Å². The lowest BCUT2D eigenvalue weighted by Gasteiger charge is -2.07. The highest BCUT2D eigenvalue weighted by molar-refractivity contribution is 6.33. The van der Waals surface area contributed by atoms with E-state index < -0.39 is 0 Å². The number of carbonyl (C=O) groups is 1. The van der Waals surface area contributed by atoms with Crippen LogP contribution in [-0.2, 0) is 9.53 Å². The second-order valence-electron chi connectivity index (χ2n) is 3.65. The standard InChI is InChI=1S/C14H16ClNO3/c1-2-19-9-7-14(18)16-13-10-11(4-3-8-17)5-6-12(13)15/h5-6,10,17H,2,7-9H2,1H3,(H,16,18). The molecule has 1 amide bonds. The van der Waals surface area contributed by atoms with Gasteiger partial charge in [-0.25, -0.2) is 0 Å². The van der Waals surface area contributed by atoms with Crippen molar-refractivity contribution < 1.29 is 14.6 Å². The van der Waals surface area contributed by atoms with Gasteiger partial charge in [0.05, 0.1) is 23.7 Å². The highest BCUT2D eigenvalue weighted by atomic mass is 35.5. The second kappa shape index (κ2) is 8.54. The molecule has 1 aromatic carbocycles. The van der Waals surface area contributed by atoms with Crippen molar-refractivity contribution in [2.45, 2.75) is 13.3 Å². The summed E-state index contributed by atoms with van der Waals surface area (Å²) < 4.78 is 5.10. The lowest BCUT2D eigenvalue weighted by molar-refractivity contribution is -0.117. The number of aliphatic hydroxyl groups is 1. The topological polar surface area (TPSA) is 58.6 Å². The Morgan fingerprint density at radius 3 is 3.00 bits per heavy atom. The zero-order chi connectivity index (χ0) is 14.1. The van der Waals surface area contributed by atoms with Crippen molar-refractivity contribution in [3.8, 4) is 11.8 Å².